The Morgan fingerprint density at radius 1 is 1.32 bits per heavy atom. The monoisotopic (exact) mass is 272 g/mol. The number of carbonyl (C=O) groups is 1. The first kappa shape index (κ1) is 14.3. The van der Waals surface area contributed by atoms with Crippen LogP contribution in [0, 0.1) is 0 Å². The van der Waals surface area contributed by atoms with E-state index in [-0.39, 0.29) is 24.6 Å². The van der Waals surface area contributed by atoms with Gasteiger partial charge in [0.1, 0.15) is 6.10 Å². The molecule has 0 spiro atoms. The van der Waals surface area contributed by atoms with Crippen LogP contribution >= 0.6 is 0 Å². The maximum atomic E-state index is 11.7. The molecule has 0 aromatic carbocycles. The van der Waals surface area contributed by atoms with Crippen molar-refractivity contribution in [3.8, 4) is 0 Å². The Morgan fingerprint density at radius 2 is 2.05 bits per heavy atom. The minimum absolute atomic E-state index is 0.114. The largest absolute Gasteiger partial charge is 0.460 e. The number of carbonyl (C=O) groups excluding carboxylic acids is 1. The molecule has 0 aliphatic carbocycles. The summed E-state index contributed by atoms with van der Waals surface area (Å²) in [5.74, 6) is -1.16. The lowest BCUT2D eigenvalue weighted by Crippen LogP contribution is -2.42. The van der Waals surface area contributed by atoms with Gasteiger partial charge in [0, 0.05) is 6.61 Å². The third-order valence-corrected chi connectivity index (χ3v) is 2.81. The molecule has 0 saturated carbocycles. The summed E-state index contributed by atoms with van der Waals surface area (Å²) in [6.07, 6.45) is 0.168. The summed E-state index contributed by atoms with van der Waals surface area (Å²) in [5.41, 5.74) is 0. The highest BCUT2D eigenvalue weighted by Crippen LogP contribution is 2.36. The summed E-state index contributed by atoms with van der Waals surface area (Å²) in [6.45, 7) is 8.00. The molecule has 2 aliphatic heterocycles. The lowest BCUT2D eigenvalue weighted by molar-refractivity contribution is -0.185. The van der Waals surface area contributed by atoms with E-state index in [1.807, 2.05) is 6.92 Å². The van der Waals surface area contributed by atoms with Crippen molar-refractivity contribution in [2.75, 3.05) is 13.2 Å². The van der Waals surface area contributed by atoms with Gasteiger partial charge in [-0.3, -0.25) is 0 Å². The maximum absolute atomic E-state index is 11.7. The van der Waals surface area contributed by atoms with Gasteiger partial charge in [-0.25, -0.2) is 4.79 Å². The van der Waals surface area contributed by atoms with Gasteiger partial charge < -0.3 is 23.7 Å². The molecule has 6 nitrogen and oxygen atoms in total. The number of rotatable bonds is 4. The summed E-state index contributed by atoms with van der Waals surface area (Å²) >= 11 is 0. The zero-order valence-corrected chi connectivity index (χ0v) is 11.7. The molecule has 2 rings (SSSR count). The fourth-order valence-corrected chi connectivity index (χ4v) is 2.13. The molecule has 0 amide bonds. The molecule has 0 aromatic rings. The highest BCUT2D eigenvalue weighted by Gasteiger charge is 2.50. The topological polar surface area (TPSA) is 63.2 Å². The minimum atomic E-state index is -0.761. The molecule has 2 aliphatic rings. The van der Waals surface area contributed by atoms with Gasteiger partial charge in [-0.2, -0.15) is 0 Å². The lowest BCUT2D eigenvalue weighted by atomic mass is 10.1. The van der Waals surface area contributed by atoms with Gasteiger partial charge >= 0.3 is 5.97 Å². The first-order chi connectivity index (χ1) is 8.96. The van der Waals surface area contributed by atoms with Crippen LogP contribution in [0.2, 0.25) is 0 Å². The molecule has 108 valence electrons. The van der Waals surface area contributed by atoms with Crippen LogP contribution < -0.4 is 0 Å². The van der Waals surface area contributed by atoms with Crippen molar-refractivity contribution in [3.63, 3.8) is 0 Å². The zero-order chi connectivity index (χ0) is 14.0. The predicted octanol–water partition coefficient (Wildman–Crippen LogP) is 1.35. The van der Waals surface area contributed by atoms with E-state index >= 15 is 0 Å². The molecule has 2 heterocycles. The molecule has 19 heavy (non-hydrogen) atoms. The summed E-state index contributed by atoms with van der Waals surface area (Å²) < 4.78 is 27.4. The average Bonchev–Trinajstić information content (AvgIpc) is 2.64. The molecule has 0 unspecified atom stereocenters. The number of esters is 1. The summed E-state index contributed by atoms with van der Waals surface area (Å²) in [5, 5.41) is 0. The molecular formula is C13H20O6. The molecule has 0 bridgehead atoms. The number of ether oxygens (including phenoxy) is 5. The molecule has 0 N–H and O–H groups in total. The highest BCUT2D eigenvalue weighted by molar-refractivity contribution is 5.86. The zero-order valence-electron chi connectivity index (χ0n) is 11.7. The second kappa shape index (κ2) is 5.48. The van der Waals surface area contributed by atoms with E-state index < -0.39 is 18.0 Å². The van der Waals surface area contributed by atoms with E-state index in [0.717, 1.165) is 0 Å². The van der Waals surface area contributed by atoms with Crippen molar-refractivity contribution in [2.45, 2.75) is 52.0 Å². The SMILES string of the molecule is CCOC(=O)C1=C[C@H](OCC)[C@@H]2OC(C)(C)O[C@@H]2O1. The number of fused-ring (bicyclic) bond motifs is 1. The minimum Gasteiger partial charge on any atom is -0.460 e. The van der Waals surface area contributed by atoms with Gasteiger partial charge in [0.25, 0.3) is 0 Å². The van der Waals surface area contributed by atoms with E-state index in [4.69, 9.17) is 23.7 Å². The van der Waals surface area contributed by atoms with Crippen molar-refractivity contribution in [3.05, 3.63) is 11.8 Å². The van der Waals surface area contributed by atoms with Crippen LogP contribution in [0.5, 0.6) is 0 Å². The molecule has 0 aromatic heterocycles. The van der Waals surface area contributed by atoms with Crippen molar-refractivity contribution >= 4 is 5.97 Å². The van der Waals surface area contributed by atoms with Crippen LogP contribution in [0.3, 0.4) is 0 Å². The summed E-state index contributed by atoms with van der Waals surface area (Å²) in [6, 6.07) is 0. The Hall–Kier alpha value is -1.11. The van der Waals surface area contributed by atoms with Gasteiger partial charge in [0.05, 0.1) is 6.61 Å². The van der Waals surface area contributed by atoms with E-state index in [0.29, 0.717) is 6.61 Å². The fraction of sp³-hybridized carbons (Fsp3) is 0.769. The van der Waals surface area contributed by atoms with Crippen LogP contribution in [0.25, 0.3) is 0 Å². The van der Waals surface area contributed by atoms with Gasteiger partial charge in [-0.1, -0.05) is 0 Å². The molecular weight excluding hydrogens is 252 g/mol. The van der Waals surface area contributed by atoms with Gasteiger partial charge in [0.2, 0.25) is 12.0 Å². The Bertz CT molecular complexity index is 375. The van der Waals surface area contributed by atoms with Crippen LogP contribution in [-0.2, 0) is 28.5 Å². The molecule has 0 radical (unpaired) electrons. The van der Waals surface area contributed by atoms with Gasteiger partial charge in [-0.05, 0) is 33.8 Å². The third-order valence-electron chi connectivity index (χ3n) is 2.81. The van der Waals surface area contributed by atoms with Crippen molar-refractivity contribution in [1.29, 1.82) is 0 Å². The van der Waals surface area contributed by atoms with E-state index in [1.165, 1.54) is 0 Å². The predicted molar refractivity (Wildman–Crippen MR) is 65.0 cm³/mol. The second-order valence-corrected chi connectivity index (χ2v) is 4.76. The van der Waals surface area contributed by atoms with Crippen LogP contribution in [0.4, 0.5) is 0 Å². The maximum Gasteiger partial charge on any atom is 0.373 e. The smallest absolute Gasteiger partial charge is 0.373 e. The Morgan fingerprint density at radius 3 is 2.68 bits per heavy atom. The summed E-state index contributed by atoms with van der Waals surface area (Å²) in [7, 11) is 0. The normalized spacial score (nSPS) is 32.2. The van der Waals surface area contributed by atoms with Crippen molar-refractivity contribution in [1.82, 2.24) is 0 Å². The number of hydrogen-bond donors (Lipinski definition) is 0. The lowest BCUT2D eigenvalue weighted by Gasteiger charge is -2.29. The van der Waals surface area contributed by atoms with Crippen LogP contribution in [-0.4, -0.2) is 43.5 Å². The quantitative estimate of drug-likeness (QED) is 0.720. The van der Waals surface area contributed by atoms with Gasteiger partial charge in [0.15, 0.2) is 11.9 Å². The Balaban J connectivity index is 2.17. The summed E-state index contributed by atoms with van der Waals surface area (Å²) in [4.78, 5) is 11.7. The van der Waals surface area contributed by atoms with E-state index in [9.17, 15) is 4.79 Å². The van der Waals surface area contributed by atoms with E-state index in [1.54, 1.807) is 26.8 Å². The van der Waals surface area contributed by atoms with Gasteiger partial charge in [-0.15, -0.1) is 0 Å². The number of hydrogen-bond acceptors (Lipinski definition) is 6. The second-order valence-electron chi connectivity index (χ2n) is 4.76. The van der Waals surface area contributed by atoms with E-state index in [2.05, 4.69) is 0 Å². The molecule has 3 atom stereocenters. The first-order valence-electron chi connectivity index (χ1n) is 6.49. The first-order valence-corrected chi connectivity index (χ1v) is 6.49. The molecule has 1 saturated heterocycles. The third kappa shape index (κ3) is 3.08. The van der Waals surface area contributed by atoms with Crippen molar-refractivity contribution < 1.29 is 28.5 Å². The van der Waals surface area contributed by atoms with Crippen LogP contribution in [0.15, 0.2) is 11.8 Å². The fourth-order valence-electron chi connectivity index (χ4n) is 2.13. The van der Waals surface area contributed by atoms with Crippen LogP contribution in [0.1, 0.15) is 27.7 Å². The Kier molecular flexibility index (Phi) is 4.13. The van der Waals surface area contributed by atoms with Crippen molar-refractivity contribution in [2.24, 2.45) is 0 Å². The Labute approximate surface area is 112 Å². The molecule has 6 heteroatoms. The average molecular weight is 272 g/mol. The molecule has 1 fully saturated rings. The standard InChI is InChI=1S/C13H20O6/c1-5-15-8-7-9(11(14)16-6-2)17-12-10(8)18-13(3,4)19-12/h7-8,10,12H,5-6H2,1-4H3/t8-,10-,12-/m0/s1. The highest BCUT2D eigenvalue weighted by atomic mass is 16.8.